The van der Waals surface area contributed by atoms with E-state index >= 15 is 0 Å². The number of piperazine rings is 1. The van der Waals surface area contributed by atoms with Crippen LogP contribution in [0.5, 0.6) is 5.88 Å². The maximum Gasteiger partial charge on any atom is 0.407 e. The van der Waals surface area contributed by atoms with Crippen LogP contribution in [-0.4, -0.2) is 79.0 Å². The fraction of sp³-hybridized carbons (Fsp3) is 0.529. The van der Waals surface area contributed by atoms with Crippen molar-refractivity contribution in [3.8, 4) is 5.88 Å². The van der Waals surface area contributed by atoms with Crippen LogP contribution in [0.3, 0.4) is 0 Å². The summed E-state index contributed by atoms with van der Waals surface area (Å²) >= 11 is 5.95. The Morgan fingerprint density at radius 1 is 1.28 bits per heavy atom. The summed E-state index contributed by atoms with van der Waals surface area (Å²) in [5, 5.41) is 9.58. The van der Waals surface area contributed by atoms with E-state index in [1.54, 1.807) is 0 Å². The van der Waals surface area contributed by atoms with Crippen LogP contribution in [-0.2, 0) is 9.93 Å². The lowest BCUT2D eigenvalue weighted by molar-refractivity contribution is 0.0908. The molecular weight excluding hydrogens is 425 g/mol. The molecule has 2 bridgehead atoms. The van der Waals surface area contributed by atoms with Crippen molar-refractivity contribution in [1.29, 1.82) is 0 Å². The zero-order valence-electron chi connectivity index (χ0n) is 15.7. The summed E-state index contributed by atoms with van der Waals surface area (Å²) in [5.41, 5.74) is -0.0856. The van der Waals surface area contributed by atoms with Gasteiger partial charge in [-0.1, -0.05) is 21.5 Å². The summed E-state index contributed by atoms with van der Waals surface area (Å²) in [7, 11) is -2.92. The largest absolute Gasteiger partial charge is 0.475 e. The third kappa shape index (κ3) is 2.67. The van der Waals surface area contributed by atoms with Gasteiger partial charge in [0.25, 0.3) is 0 Å². The van der Waals surface area contributed by atoms with Crippen LogP contribution in [0, 0.1) is 5.82 Å². The second-order valence-electron chi connectivity index (χ2n) is 7.96. The van der Waals surface area contributed by atoms with Gasteiger partial charge in [-0.05, 0) is 25.4 Å². The highest BCUT2D eigenvalue weighted by molar-refractivity contribution is 8.01. The van der Waals surface area contributed by atoms with Gasteiger partial charge in [-0.2, -0.15) is 4.98 Å². The van der Waals surface area contributed by atoms with Crippen molar-refractivity contribution >= 4 is 44.3 Å². The van der Waals surface area contributed by atoms with Gasteiger partial charge in [-0.25, -0.2) is 19.2 Å². The first-order chi connectivity index (χ1) is 13.7. The van der Waals surface area contributed by atoms with E-state index in [4.69, 9.17) is 16.3 Å². The third-order valence-corrected chi connectivity index (χ3v) is 7.26. The van der Waals surface area contributed by atoms with E-state index < -0.39 is 27.0 Å². The lowest BCUT2D eigenvalue weighted by Crippen LogP contribution is -2.62. The molecule has 0 spiro atoms. The molecule has 0 aromatic carbocycles. The molecular formula is C17H19ClFN5O4S. The van der Waals surface area contributed by atoms with Gasteiger partial charge in [0.1, 0.15) is 23.3 Å². The zero-order valence-corrected chi connectivity index (χ0v) is 17.3. The molecule has 2 aromatic heterocycles. The first-order valence-electron chi connectivity index (χ1n) is 9.20. The molecule has 0 radical (unpaired) electrons. The Morgan fingerprint density at radius 2 is 2.03 bits per heavy atom. The maximum absolute atomic E-state index is 14.8. The molecule has 29 heavy (non-hydrogen) atoms. The summed E-state index contributed by atoms with van der Waals surface area (Å²) < 4.78 is 33.4. The number of carboxylic acid groups (broad SMARTS) is 1. The van der Waals surface area contributed by atoms with E-state index in [2.05, 4.69) is 15.0 Å². The number of thiol groups is 1. The fourth-order valence-corrected chi connectivity index (χ4v) is 5.43. The lowest BCUT2D eigenvalue weighted by Gasteiger charge is -2.45. The predicted molar refractivity (Wildman–Crippen MR) is 105 cm³/mol. The average molecular weight is 444 g/mol. The molecule has 0 saturated carbocycles. The van der Waals surface area contributed by atoms with E-state index in [0.717, 1.165) is 6.42 Å². The average Bonchev–Trinajstić information content (AvgIpc) is 2.89. The number of fused-ring (bicyclic) bond motifs is 5. The van der Waals surface area contributed by atoms with Gasteiger partial charge in [-0.15, -0.1) is 0 Å². The topological polar surface area (TPSA) is 109 Å². The summed E-state index contributed by atoms with van der Waals surface area (Å²) in [6.45, 7) is 0.524. The number of hydrogen-bond donors (Lipinski definition) is 2. The van der Waals surface area contributed by atoms with Crippen molar-refractivity contribution in [3.63, 3.8) is 0 Å². The van der Waals surface area contributed by atoms with Gasteiger partial charge in [0.15, 0.2) is 16.1 Å². The fourth-order valence-electron chi connectivity index (χ4n) is 4.58. The Labute approximate surface area is 171 Å². The molecule has 9 nitrogen and oxygen atoms in total. The van der Waals surface area contributed by atoms with E-state index in [1.807, 2.05) is 4.90 Å². The smallest absolute Gasteiger partial charge is 0.407 e. The Bertz CT molecular complexity index is 1110. The predicted octanol–water partition coefficient (Wildman–Crippen LogP) is 1.54. The molecule has 3 aliphatic rings. The number of pyridine rings is 1. The number of hydrogen-bond acceptors (Lipinski definition) is 7. The minimum absolute atomic E-state index is 0.0424. The molecule has 12 heteroatoms. The van der Waals surface area contributed by atoms with Crippen molar-refractivity contribution in [2.45, 2.75) is 36.1 Å². The van der Waals surface area contributed by atoms with Crippen LogP contribution >= 0.6 is 11.6 Å². The normalized spacial score (nSPS) is 26.1. The second kappa shape index (κ2) is 6.11. The van der Waals surface area contributed by atoms with Crippen molar-refractivity contribution in [3.05, 3.63) is 11.0 Å². The van der Waals surface area contributed by atoms with Gasteiger partial charge >= 0.3 is 6.09 Å². The van der Waals surface area contributed by atoms with Crippen molar-refractivity contribution in [1.82, 2.24) is 19.9 Å². The number of halogens is 2. The van der Waals surface area contributed by atoms with Crippen LogP contribution < -0.4 is 9.64 Å². The van der Waals surface area contributed by atoms with Crippen LogP contribution in [0.4, 0.5) is 15.0 Å². The van der Waals surface area contributed by atoms with Crippen molar-refractivity contribution < 1.29 is 23.2 Å². The number of ether oxygens (including phenoxy) is 1. The number of nitrogens with zero attached hydrogens (tertiary/aromatic N) is 5. The molecule has 5 rings (SSSR count). The van der Waals surface area contributed by atoms with Crippen LogP contribution in [0.2, 0.25) is 5.15 Å². The van der Waals surface area contributed by atoms with Crippen LogP contribution in [0.1, 0.15) is 12.8 Å². The summed E-state index contributed by atoms with van der Waals surface area (Å²) in [6.07, 6.45) is 3.48. The molecule has 3 aliphatic heterocycles. The van der Waals surface area contributed by atoms with E-state index in [-0.39, 0.29) is 46.7 Å². The molecule has 1 N–H and O–H groups in total. The minimum atomic E-state index is -2.92. The molecule has 5 heterocycles. The van der Waals surface area contributed by atoms with E-state index in [0.29, 0.717) is 18.8 Å². The molecule has 2 fully saturated rings. The first kappa shape index (κ1) is 18.7. The molecule has 0 aliphatic carbocycles. The number of aromatic nitrogens is 3. The molecule has 156 valence electrons. The molecule has 3 atom stereocenters. The van der Waals surface area contributed by atoms with Gasteiger partial charge < -0.3 is 14.7 Å². The maximum atomic E-state index is 14.8. The minimum Gasteiger partial charge on any atom is -0.475 e. The standard InChI is InChI=1S/C17H19ClFN5O4S/c1-29(2,27)16-20-12-10-14(22-16)23-5-7-3-4-8(24(7)17(25)26)9(23)6-28-15(10)21-13(18)11(12)19/h7-9,29H,3-6H2,1-2H3,(H,25,26). The highest BCUT2D eigenvalue weighted by Crippen LogP contribution is 2.43. The molecule has 3 unspecified atom stereocenters. The Morgan fingerprint density at radius 3 is 2.72 bits per heavy atom. The lowest BCUT2D eigenvalue weighted by atomic mass is 10.0. The monoisotopic (exact) mass is 443 g/mol. The Hall–Kier alpha value is -2.27. The highest BCUT2D eigenvalue weighted by Gasteiger charge is 2.50. The first-order valence-corrected chi connectivity index (χ1v) is 12.2. The summed E-state index contributed by atoms with van der Waals surface area (Å²) in [5.74, 6) is -0.350. The zero-order chi connectivity index (χ0) is 20.7. The van der Waals surface area contributed by atoms with E-state index in [1.165, 1.54) is 17.4 Å². The Kier molecular flexibility index (Phi) is 3.95. The van der Waals surface area contributed by atoms with Gasteiger partial charge in [0, 0.05) is 6.54 Å². The number of rotatable bonds is 1. The number of amides is 1. The molecule has 2 aromatic rings. The second-order valence-corrected chi connectivity index (χ2v) is 11.4. The van der Waals surface area contributed by atoms with Crippen LogP contribution in [0.25, 0.3) is 10.9 Å². The van der Waals surface area contributed by atoms with Gasteiger partial charge in [0.05, 0.1) is 18.1 Å². The highest BCUT2D eigenvalue weighted by atomic mass is 35.5. The Balaban J connectivity index is 1.77. The SMILES string of the molecule is C[SH](C)(=O)c1nc2c3c(nc(Cl)c(F)c3n1)OCC1C3CCC(CN21)N3C(=O)O. The number of carbonyl (C=O) groups is 1. The summed E-state index contributed by atoms with van der Waals surface area (Å²) in [4.78, 5) is 28.0. The molecule has 2 saturated heterocycles. The van der Waals surface area contributed by atoms with Crippen molar-refractivity contribution in [2.75, 3.05) is 30.6 Å². The molecule has 1 amide bonds. The summed E-state index contributed by atoms with van der Waals surface area (Å²) in [6, 6.07) is -0.826. The van der Waals surface area contributed by atoms with Gasteiger partial charge in [-0.3, -0.25) is 9.11 Å². The van der Waals surface area contributed by atoms with Crippen molar-refractivity contribution in [2.24, 2.45) is 0 Å². The third-order valence-electron chi connectivity index (χ3n) is 5.84. The van der Waals surface area contributed by atoms with Gasteiger partial charge in [0.2, 0.25) is 5.88 Å². The number of anilines is 1. The van der Waals surface area contributed by atoms with Crippen LogP contribution in [0.15, 0.2) is 5.16 Å². The van der Waals surface area contributed by atoms with E-state index in [9.17, 15) is 18.5 Å². The quantitative estimate of drug-likeness (QED) is 0.388.